The van der Waals surface area contributed by atoms with Crippen LogP contribution >= 0.6 is 11.6 Å². The summed E-state index contributed by atoms with van der Waals surface area (Å²) >= 11 is 4.81. The first-order valence-electron chi connectivity index (χ1n) is 3.44. The van der Waals surface area contributed by atoms with Gasteiger partial charge in [-0.1, -0.05) is 0 Å². The van der Waals surface area contributed by atoms with E-state index in [2.05, 4.69) is 0 Å². The smallest absolute Gasteiger partial charge is 0.253 e. The van der Waals surface area contributed by atoms with Gasteiger partial charge in [0.2, 0.25) is 0 Å². The van der Waals surface area contributed by atoms with Crippen molar-refractivity contribution in [3.05, 3.63) is 0 Å². The third kappa shape index (κ3) is 17.8. The molecule has 0 aliphatic rings. The van der Waals surface area contributed by atoms with Crippen molar-refractivity contribution in [3.63, 3.8) is 0 Å². The molecule has 0 fully saturated rings. The van der Waals surface area contributed by atoms with E-state index < -0.39 is 36.3 Å². The molecule has 6 nitrogen and oxygen atoms in total. The molecule has 0 aromatic carbocycles. The molecule has 0 saturated carbocycles. The number of hydrogen-bond donors (Lipinski definition) is 5. The van der Waals surface area contributed by atoms with Crippen LogP contribution in [0, 0.1) is 220 Å². The topological polar surface area (TPSA) is 118 Å². The molecular weight excluding hydrogens is 1340 g/mol. The third-order valence-corrected chi connectivity index (χ3v) is 1.71. The van der Waals surface area contributed by atoms with Crippen LogP contribution in [0.15, 0.2) is 0 Å². The number of hydrogen-bond acceptors (Lipinski definition) is 6. The van der Waals surface area contributed by atoms with Crippen molar-refractivity contribution < 1.29 is 251 Å². The number of aliphatic hydroxyl groups excluding tert-OH is 5. The van der Waals surface area contributed by atoms with E-state index in [1.807, 2.05) is 0 Å². The van der Waals surface area contributed by atoms with Gasteiger partial charge in [0.15, 0.2) is 6.10 Å². The van der Waals surface area contributed by atoms with Crippen LogP contribution in [-0.2, 0) is 4.79 Å². The zero-order valence-corrected chi connectivity index (χ0v) is 33.9. The molecule has 12 heteroatoms. The summed E-state index contributed by atoms with van der Waals surface area (Å²) in [7, 11) is 0. The number of aliphatic hydroxyl groups is 5. The molecule has 0 rings (SSSR count). The molecule has 0 bridgehead atoms. The van der Waals surface area contributed by atoms with Crippen molar-refractivity contribution in [2.75, 3.05) is 6.61 Å². The second kappa shape index (κ2) is 24.0. The molecule has 0 aromatic rings. The van der Waals surface area contributed by atoms with Crippen LogP contribution in [0.25, 0.3) is 0 Å². The first kappa shape index (κ1) is 39.9. The largest absolute Gasteiger partial charge is 0.394 e. The molecule has 0 spiro atoms. The van der Waals surface area contributed by atoms with Crippen LogP contribution in [0.4, 0.5) is 0 Å². The van der Waals surface area contributed by atoms with Crippen LogP contribution in [-0.4, -0.2) is 61.8 Å². The Balaban J connectivity index is -0.0000000720. The van der Waals surface area contributed by atoms with E-state index in [9.17, 15) is 4.79 Å². The average molecular weight is 1350 g/mol. The minimum absolute atomic E-state index is 0. The predicted molar refractivity (Wildman–Crippen MR) is 42.0 cm³/mol. The summed E-state index contributed by atoms with van der Waals surface area (Å²) in [5.74, 6) is 0. The quantitative estimate of drug-likeness (QED) is 0.190. The molecule has 0 aliphatic heterocycles. The van der Waals surface area contributed by atoms with E-state index in [-0.39, 0.29) is 220 Å². The van der Waals surface area contributed by atoms with Crippen molar-refractivity contribution in [2.24, 2.45) is 0 Å². The molecule has 93 valence electrons. The zero-order chi connectivity index (χ0) is 10.6. The molecule has 4 unspecified atom stereocenters. The molecule has 0 amide bonds. The van der Waals surface area contributed by atoms with E-state index in [0.717, 1.165) is 0 Å². The van der Waals surface area contributed by atoms with Crippen molar-refractivity contribution in [3.8, 4) is 0 Å². The van der Waals surface area contributed by atoms with E-state index in [1.165, 1.54) is 0 Å². The van der Waals surface area contributed by atoms with Crippen LogP contribution in [0.2, 0.25) is 0 Å². The minimum Gasteiger partial charge on any atom is -0.394 e. The fourth-order valence-electron chi connectivity index (χ4n) is 0.657. The Morgan fingerprint density at radius 1 is 0.889 bits per heavy atom. The Labute approximate surface area is 289 Å². The van der Waals surface area contributed by atoms with Gasteiger partial charge in [0.05, 0.1) is 6.61 Å². The van der Waals surface area contributed by atoms with Crippen LogP contribution < -0.4 is 0 Å². The number of carbonyl (C=O) groups is 1. The van der Waals surface area contributed by atoms with Crippen molar-refractivity contribution in [2.45, 2.75) is 24.4 Å². The van der Waals surface area contributed by atoms with Crippen molar-refractivity contribution >= 4 is 16.8 Å². The molecule has 0 aromatic heterocycles. The van der Waals surface area contributed by atoms with Crippen LogP contribution in [0.3, 0.4) is 0 Å². The first-order chi connectivity index (χ1) is 5.91. The summed E-state index contributed by atoms with van der Waals surface area (Å²) in [6.07, 6.45) is -7.38. The SMILES string of the molecule is O=C(Cl)C(O)C(O)C(O)C(O)CO.[Ac].[Ac].[Ac].[Ac].[Ac]. The second-order valence-corrected chi connectivity index (χ2v) is 2.85. The van der Waals surface area contributed by atoms with E-state index >= 15 is 0 Å². The van der Waals surface area contributed by atoms with E-state index in [1.54, 1.807) is 0 Å². The van der Waals surface area contributed by atoms with E-state index in [0.29, 0.717) is 0 Å². The Kier molecular flexibility index (Phi) is 53.1. The molecule has 5 N–H and O–H groups in total. The Morgan fingerprint density at radius 2 is 1.22 bits per heavy atom. The van der Waals surface area contributed by atoms with Crippen molar-refractivity contribution in [1.29, 1.82) is 0 Å². The summed E-state index contributed by atoms with van der Waals surface area (Å²) in [6, 6.07) is 0. The Hall–Kier alpha value is 6.97. The molecule has 18 heavy (non-hydrogen) atoms. The van der Waals surface area contributed by atoms with Crippen LogP contribution in [0.1, 0.15) is 0 Å². The molecular formula is C6H11Ac5ClO6. The molecule has 0 aliphatic carbocycles. The zero-order valence-electron chi connectivity index (χ0n) is 9.43. The molecule has 0 saturated heterocycles. The predicted octanol–water partition coefficient (Wildman–Crippen LogP) is -2.81. The fraction of sp³-hybridized carbons (Fsp3) is 0.833. The van der Waals surface area contributed by atoms with Gasteiger partial charge in [-0.15, -0.1) is 0 Å². The summed E-state index contributed by atoms with van der Waals surface area (Å²) in [4.78, 5) is 10.3. The molecule has 0 heterocycles. The van der Waals surface area contributed by atoms with Gasteiger partial charge in [-0.3, -0.25) is 4.79 Å². The van der Waals surface area contributed by atoms with Gasteiger partial charge in [0.25, 0.3) is 5.24 Å². The third-order valence-electron chi connectivity index (χ3n) is 1.49. The maximum absolute atomic E-state index is 10.3. The minimum atomic E-state index is -1.99. The maximum Gasteiger partial charge on any atom is 0.253 e. The van der Waals surface area contributed by atoms with Gasteiger partial charge in [-0.2, -0.15) is 0 Å². The Morgan fingerprint density at radius 3 is 1.44 bits per heavy atom. The van der Waals surface area contributed by atoms with Gasteiger partial charge < -0.3 is 25.5 Å². The Bertz CT molecular complexity index is 190. The van der Waals surface area contributed by atoms with Gasteiger partial charge >= 0.3 is 0 Å². The normalized spacial score (nSPS) is 14.8. The summed E-state index contributed by atoms with van der Waals surface area (Å²) < 4.78 is 0. The monoisotopic (exact) mass is 1350 g/mol. The summed E-state index contributed by atoms with van der Waals surface area (Å²) in [5, 5.41) is 42.7. The van der Waals surface area contributed by atoms with Gasteiger partial charge in [-0.05, 0) is 11.6 Å². The first-order valence-corrected chi connectivity index (χ1v) is 3.82. The summed E-state index contributed by atoms with van der Waals surface area (Å²) in [5.41, 5.74) is 0. The molecule has 5 radical (unpaired) electrons. The number of rotatable bonds is 5. The molecule has 4 atom stereocenters. The van der Waals surface area contributed by atoms with Gasteiger partial charge in [-0.25, -0.2) is 0 Å². The van der Waals surface area contributed by atoms with Crippen molar-refractivity contribution in [1.82, 2.24) is 0 Å². The van der Waals surface area contributed by atoms with Gasteiger partial charge in [0, 0.05) is 220 Å². The van der Waals surface area contributed by atoms with Gasteiger partial charge in [0.1, 0.15) is 18.3 Å². The average Bonchev–Trinajstić information content (AvgIpc) is 2.12. The second-order valence-electron chi connectivity index (χ2n) is 2.48. The number of carbonyl (C=O) groups excluding carboxylic acids is 1. The summed E-state index contributed by atoms with van der Waals surface area (Å²) in [6.45, 7) is -0.804. The maximum atomic E-state index is 10.3. The number of halogens is 1. The standard InChI is InChI=1S/C6H11ClO6.5Ac/c7-6(13)5(12)4(11)3(10)2(9)1-8;;;;;/h2-5,8-12H,1H2;;;;;. The van der Waals surface area contributed by atoms with Crippen LogP contribution in [0.5, 0.6) is 0 Å². The fourth-order valence-corrected chi connectivity index (χ4v) is 0.786. The van der Waals surface area contributed by atoms with E-state index in [4.69, 9.17) is 37.1 Å².